The third-order valence-corrected chi connectivity index (χ3v) is 6.12. The molecule has 2 aromatic carbocycles. The summed E-state index contributed by atoms with van der Waals surface area (Å²) in [5, 5.41) is 4.05. The van der Waals surface area contributed by atoms with E-state index in [0.29, 0.717) is 25.2 Å². The highest BCUT2D eigenvalue weighted by atomic mass is 32.2. The molecule has 4 aromatic rings. The highest BCUT2D eigenvalue weighted by Crippen LogP contribution is 2.22. The molecule has 7 nitrogen and oxygen atoms in total. The lowest BCUT2D eigenvalue weighted by molar-refractivity contribution is 0.579. The number of nitrogens with zero attached hydrogens (tertiary/aromatic N) is 4. The first-order valence-electron chi connectivity index (χ1n) is 9.32. The van der Waals surface area contributed by atoms with E-state index in [1.54, 1.807) is 22.8 Å². The molecule has 148 valence electrons. The summed E-state index contributed by atoms with van der Waals surface area (Å²) in [6.45, 7) is 2.38. The second-order valence-corrected chi connectivity index (χ2v) is 8.63. The van der Waals surface area contributed by atoms with Crippen LogP contribution >= 0.6 is 0 Å². The lowest BCUT2D eigenvalue weighted by Crippen LogP contribution is -2.25. The topological polar surface area (TPSA) is 89.2 Å². The van der Waals surface area contributed by atoms with Crippen LogP contribution in [-0.2, 0) is 16.4 Å². The minimum Gasteiger partial charge on any atom is -0.219 e. The number of benzene rings is 2. The summed E-state index contributed by atoms with van der Waals surface area (Å²) in [5.74, 6) is 0.545. The van der Waals surface area contributed by atoms with Gasteiger partial charge in [0.15, 0.2) is 0 Å². The Bertz CT molecular complexity index is 1230. The van der Waals surface area contributed by atoms with Crippen molar-refractivity contribution in [2.45, 2.75) is 24.7 Å². The van der Waals surface area contributed by atoms with E-state index in [9.17, 15) is 8.42 Å². The van der Waals surface area contributed by atoms with E-state index in [2.05, 4.69) is 25.9 Å². The quantitative estimate of drug-likeness (QED) is 0.476. The van der Waals surface area contributed by atoms with E-state index in [-0.39, 0.29) is 4.90 Å². The minimum atomic E-state index is -3.54. The summed E-state index contributed by atoms with van der Waals surface area (Å²) in [7, 11) is -3.54. The van der Waals surface area contributed by atoms with Gasteiger partial charge >= 0.3 is 0 Å². The molecule has 0 aliphatic heterocycles. The average molecular weight is 407 g/mol. The molecule has 0 unspecified atom stereocenters. The van der Waals surface area contributed by atoms with Crippen molar-refractivity contribution in [1.29, 1.82) is 0 Å². The summed E-state index contributed by atoms with van der Waals surface area (Å²) in [5.41, 5.74) is 4.20. The van der Waals surface area contributed by atoms with Crippen LogP contribution in [-0.4, -0.2) is 34.5 Å². The van der Waals surface area contributed by atoms with Gasteiger partial charge in [-0.1, -0.05) is 42.0 Å². The fourth-order valence-corrected chi connectivity index (χ4v) is 4.20. The maximum atomic E-state index is 12.5. The molecule has 0 aliphatic rings. The first-order chi connectivity index (χ1) is 14.0. The smallest absolute Gasteiger partial charge is 0.219 e. The number of aromatic nitrogens is 4. The van der Waals surface area contributed by atoms with Crippen molar-refractivity contribution in [3.05, 3.63) is 78.4 Å². The summed E-state index contributed by atoms with van der Waals surface area (Å²) < 4.78 is 29.3. The predicted octanol–water partition coefficient (Wildman–Crippen LogP) is 3.01. The summed E-state index contributed by atoms with van der Waals surface area (Å²) in [6.07, 6.45) is 6.39. The Morgan fingerprint density at radius 2 is 1.86 bits per heavy atom. The van der Waals surface area contributed by atoms with Gasteiger partial charge in [0.2, 0.25) is 10.0 Å². The Labute approximate surface area is 169 Å². The average Bonchev–Trinajstić information content (AvgIpc) is 3.19. The summed E-state index contributed by atoms with van der Waals surface area (Å²) in [6, 6.07) is 15.1. The largest absolute Gasteiger partial charge is 0.252 e. The van der Waals surface area contributed by atoms with E-state index in [0.717, 1.165) is 16.7 Å². The molecule has 0 bridgehead atoms. The van der Waals surface area contributed by atoms with Crippen LogP contribution in [0.25, 0.3) is 16.9 Å². The Kier molecular flexibility index (Phi) is 5.37. The maximum absolute atomic E-state index is 12.5. The second kappa shape index (κ2) is 8.10. The van der Waals surface area contributed by atoms with Gasteiger partial charge in [0.25, 0.3) is 5.78 Å². The van der Waals surface area contributed by atoms with Crippen LogP contribution in [0.15, 0.2) is 72.1 Å². The highest BCUT2D eigenvalue weighted by Gasteiger charge is 2.13. The standard InChI is InChI=1S/C21H21N5O2S/c1-16-4-2-6-19(12-16)18-7-9-20(10-8-18)29(27,28)25-11-3-5-17-13-22-21-23-15-24-26(21)14-17/h2,4,6-10,12-15,25H,3,5,11H2,1H3. The van der Waals surface area contributed by atoms with Crippen LogP contribution < -0.4 is 4.72 Å². The van der Waals surface area contributed by atoms with Gasteiger partial charge in [-0.25, -0.2) is 22.6 Å². The van der Waals surface area contributed by atoms with Gasteiger partial charge in [-0.05, 0) is 48.6 Å². The fraction of sp³-hybridized carbons (Fsp3) is 0.190. The minimum absolute atomic E-state index is 0.264. The Morgan fingerprint density at radius 1 is 1.03 bits per heavy atom. The van der Waals surface area contributed by atoms with E-state index < -0.39 is 10.0 Å². The number of aryl methyl sites for hydroxylation is 2. The first kappa shape index (κ1) is 19.2. The van der Waals surface area contributed by atoms with Gasteiger partial charge in [-0.2, -0.15) is 10.1 Å². The zero-order valence-electron chi connectivity index (χ0n) is 16.0. The first-order valence-corrected chi connectivity index (χ1v) is 10.8. The van der Waals surface area contributed by atoms with Crippen molar-refractivity contribution in [1.82, 2.24) is 24.3 Å². The van der Waals surface area contributed by atoms with Crippen molar-refractivity contribution < 1.29 is 8.42 Å². The molecular formula is C21H21N5O2S. The molecule has 0 amide bonds. The predicted molar refractivity (Wildman–Crippen MR) is 111 cm³/mol. The van der Waals surface area contributed by atoms with Gasteiger partial charge in [0, 0.05) is 18.9 Å². The molecule has 2 aromatic heterocycles. The zero-order valence-corrected chi connectivity index (χ0v) is 16.8. The highest BCUT2D eigenvalue weighted by molar-refractivity contribution is 7.89. The van der Waals surface area contributed by atoms with Crippen molar-refractivity contribution in [3.63, 3.8) is 0 Å². The molecule has 0 atom stereocenters. The van der Waals surface area contributed by atoms with Crippen LogP contribution in [0.1, 0.15) is 17.5 Å². The molecule has 8 heteroatoms. The van der Waals surface area contributed by atoms with Crippen LogP contribution in [0.2, 0.25) is 0 Å². The molecule has 2 heterocycles. The van der Waals surface area contributed by atoms with Crippen molar-refractivity contribution >= 4 is 15.8 Å². The number of fused-ring (bicyclic) bond motifs is 1. The molecule has 4 rings (SSSR count). The van der Waals surface area contributed by atoms with Crippen LogP contribution in [0.5, 0.6) is 0 Å². The molecule has 0 spiro atoms. The van der Waals surface area contributed by atoms with Crippen molar-refractivity contribution in [2.24, 2.45) is 0 Å². The lowest BCUT2D eigenvalue weighted by Gasteiger charge is -2.08. The molecule has 0 radical (unpaired) electrons. The molecule has 1 N–H and O–H groups in total. The maximum Gasteiger partial charge on any atom is 0.252 e. The molecule has 0 fully saturated rings. The SMILES string of the molecule is Cc1cccc(-c2ccc(S(=O)(=O)NCCCc3cnc4ncnn4c3)cc2)c1. The second-order valence-electron chi connectivity index (χ2n) is 6.86. The molecule has 0 saturated carbocycles. The van der Waals surface area contributed by atoms with Gasteiger partial charge in [0.05, 0.1) is 4.90 Å². The summed E-state index contributed by atoms with van der Waals surface area (Å²) >= 11 is 0. The normalized spacial score (nSPS) is 11.8. The molecule has 0 aliphatic carbocycles. The number of hydrogen-bond acceptors (Lipinski definition) is 5. The number of nitrogens with one attached hydrogen (secondary N) is 1. The molecule has 29 heavy (non-hydrogen) atoms. The van der Waals surface area contributed by atoms with E-state index in [1.165, 1.54) is 11.9 Å². The van der Waals surface area contributed by atoms with E-state index in [1.807, 2.05) is 43.5 Å². The number of hydrogen-bond donors (Lipinski definition) is 1. The zero-order chi connectivity index (χ0) is 20.3. The molecule has 0 saturated heterocycles. The van der Waals surface area contributed by atoms with Gasteiger partial charge in [-0.15, -0.1) is 0 Å². The monoisotopic (exact) mass is 407 g/mol. The Hall–Kier alpha value is -3.10. The number of sulfonamides is 1. The van der Waals surface area contributed by atoms with Gasteiger partial charge < -0.3 is 0 Å². The van der Waals surface area contributed by atoms with Gasteiger partial charge in [0.1, 0.15) is 6.33 Å². The van der Waals surface area contributed by atoms with E-state index >= 15 is 0 Å². The van der Waals surface area contributed by atoms with Crippen molar-refractivity contribution in [2.75, 3.05) is 6.54 Å². The Balaban J connectivity index is 1.35. The lowest BCUT2D eigenvalue weighted by atomic mass is 10.0. The van der Waals surface area contributed by atoms with Crippen LogP contribution in [0.4, 0.5) is 0 Å². The third-order valence-electron chi connectivity index (χ3n) is 4.64. The number of rotatable bonds is 7. The van der Waals surface area contributed by atoms with Gasteiger partial charge in [-0.3, -0.25) is 0 Å². The van der Waals surface area contributed by atoms with Crippen LogP contribution in [0.3, 0.4) is 0 Å². The third kappa shape index (κ3) is 4.49. The molecular weight excluding hydrogens is 386 g/mol. The summed E-state index contributed by atoms with van der Waals surface area (Å²) in [4.78, 5) is 8.47. The Morgan fingerprint density at radius 3 is 2.66 bits per heavy atom. The fourth-order valence-electron chi connectivity index (χ4n) is 3.12. The van der Waals surface area contributed by atoms with Crippen molar-refractivity contribution in [3.8, 4) is 11.1 Å². The van der Waals surface area contributed by atoms with E-state index in [4.69, 9.17) is 0 Å². The van der Waals surface area contributed by atoms with Crippen LogP contribution in [0, 0.1) is 6.92 Å².